The Balaban J connectivity index is 1.39. The number of carbonyl (C=O) groups is 1. The van der Waals surface area contributed by atoms with Gasteiger partial charge in [0, 0.05) is 0 Å². The number of fused-ring (bicyclic) bond motifs is 1. The maximum atomic E-state index is 12.7. The third-order valence-electron chi connectivity index (χ3n) is 4.99. The molecule has 0 unspecified atom stereocenters. The minimum Gasteiger partial charge on any atom is -0.479 e. The highest BCUT2D eigenvalue weighted by Gasteiger charge is 2.19. The van der Waals surface area contributed by atoms with Crippen LogP contribution in [0.3, 0.4) is 0 Å². The third-order valence-corrected chi connectivity index (χ3v) is 5.80. The van der Waals surface area contributed by atoms with Crippen molar-refractivity contribution in [2.75, 3.05) is 0 Å². The Bertz CT molecular complexity index is 1270. The van der Waals surface area contributed by atoms with E-state index in [1.807, 2.05) is 97.9 Å². The van der Waals surface area contributed by atoms with Crippen LogP contribution in [0.4, 0.5) is 0 Å². The van der Waals surface area contributed by atoms with Gasteiger partial charge in [-0.2, -0.15) is 5.10 Å². The fraction of sp³-hybridized carbons (Fsp3) is 0.111. The quantitative estimate of drug-likeness (QED) is 0.215. The molecule has 0 saturated heterocycles. The van der Waals surface area contributed by atoms with Gasteiger partial charge in [0.15, 0.2) is 6.10 Å². The summed E-state index contributed by atoms with van der Waals surface area (Å²) < 4.78 is 12.7. The van der Waals surface area contributed by atoms with Gasteiger partial charge < -0.3 is 9.47 Å². The van der Waals surface area contributed by atoms with Crippen molar-refractivity contribution in [2.24, 2.45) is 5.10 Å². The van der Waals surface area contributed by atoms with E-state index in [2.05, 4.69) is 26.5 Å². The van der Waals surface area contributed by atoms with Crippen LogP contribution in [0.1, 0.15) is 18.9 Å². The van der Waals surface area contributed by atoms with Crippen LogP contribution < -0.4 is 14.9 Å². The lowest BCUT2D eigenvalue weighted by Crippen LogP contribution is -2.35. The molecule has 0 heterocycles. The molecule has 5 nitrogen and oxygen atoms in total. The van der Waals surface area contributed by atoms with Gasteiger partial charge in [-0.3, -0.25) is 4.79 Å². The number of hydrogen-bond donors (Lipinski definition) is 1. The van der Waals surface area contributed by atoms with Gasteiger partial charge in [-0.25, -0.2) is 5.43 Å². The first kappa shape index (κ1) is 22.6. The largest absolute Gasteiger partial charge is 0.479 e. The molecule has 0 spiro atoms. The molecule has 6 heteroatoms. The van der Waals surface area contributed by atoms with Gasteiger partial charge in [0.1, 0.15) is 17.2 Å². The van der Waals surface area contributed by atoms with E-state index in [0.29, 0.717) is 17.9 Å². The molecule has 0 aliphatic rings. The normalized spacial score (nSPS) is 11.9. The molecule has 1 amide bonds. The first-order chi connectivity index (χ1) is 16.1. The summed E-state index contributed by atoms with van der Waals surface area (Å²) in [5, 5.41) is 6.22. The average molecular weight is 503 g/mol. The molecule has 4 rings (SSSR count). The molecule has 0 aliphatic carbocycles. The van der Waals surface area contributed by atoms with Gasteiger partial charge in [-0.15, -0.1) is 0 Å². The smallest absolute Gasteiger partial charge is 0.281 e. The van der Waals surface area contributed by atoms with Crippen molar-refractivity contribution in [1.82, 2.24) is 5.43 Å². The van der Waals surface area contributed by atoms with Gasteiger partial charge in [-0.05, 0) is 69.0 Å². The molecular formula is C27H23BrN2O3. The predicted octanol–water partition coefficient (Wildman–Crippen LogP) is 6.70. The summed E-state index contributed by atoms with van der Waals surface area (Å²) in [5.74, 6) is 1.74. The standard InChI is InChI=1S/C27H23BrN2O3/c1-2-24(33-25-16-15-20-10-6-7-14-23(20)26(25)28)27(31)30-29-18-19-9-8-13-22(17-19)32-21-11-4-3-5-12-21/h3-18,24H,2H2,1H3,(H,30,31)/t24-/m1/s1. The summed E-state index contributed by atoms with van der Waals surface area (Å²) >= 11 is 3.60. The topological polar surface area (TPSA) is 59.9 Å². The number of hydrogen-bond acceptors (Lipinski definition) is 4. The van der Waals surface area contributed by atoms with Crippen LogP contribution >= 0.6 is 15.9 Å². The molecular weight excluding hydrogens is 480 g/mol. The summed E-state index contributed by atoms with van der Waals surface area (Å²) in [7, 11) is 0. The van der Waals surface area contributed by atoms with Crippen LogP contribution in [0, 0.1) is 0 Å². The van der Waals surface area contributed by atoms with Crippen LogP contribution in [-0.2, 0) is 4.79 Å². The number of hydrazone groups is 1. The number of para-hydroxylation sites is 1. The monoisotopic (exact) mass is 502 g/mol. The molecule has 0 aliphatic heterocycles. The van der Waals surface area contributed by atoms with E-state index in [-0.39, 0.29) is 5.91 Å². The Labute approximate surface area is 201 Å². The number of amides is 1. The highest BCUT2D eigenvalue weighted by atomic mass is 79.9. The Morgan fingerprint density at radius 3 is 2.55 bits per heavy atom. The number of nitrogens with zero attached hydrogens (tertiary/aromatic N) is 1. The molecule has 0 fully saturated rings. The van der Waals surface area contributed by atoms with Crippen LogP contribution in [0.5, 0.6) is 17.2 Å². The van der Waals surface area contributed by atoms with Gasteiger partial charge in [0.2, 0.25) is 0 Å². The number of carbonyl (C=O) groups excluding carboxylic acids is 1. The maximum absolute atomic E-state index is 12.7. The molecule has 0 radical (unpaired) electrons. The fourth-order valence-electron chi connectivity index (χ4n) is 3.31. The first-order valence-corrected chi connectivity index (χ1v) is 11.4. The summed E-state index contributed by atoms with van der Waals surface area (Å²) in [6.07, 6.45) is 1.41. The van der Waals surface area contributed by atoms with Gasteiger partial charge in [-0.1, -0.05) is 67.6 Å². The minimum absolute atomic E-state index is 0.314. The predicted molar refractivity (Wildman–Crippen MR) is 135 cm³/mol. The molecule has 4 aromatic rings. The molecule has 0 bridgehead atoms. The minimum atomic E-state index is -0.674. The second kappa shape index (κ2) is 10.8. The van der Waals surface area contributed by atoms with E-state index in [9.17, 15) is 4.79 Å². The molecule has 166 valence electrons. The summed E-state index contributed by atoms with van der Waals surface area (Å²) in [4.78, 5) is 12.7. The van der Waals surface area contributed by atoms with E-state index in [0.717, 1.165) is 26.6 Å². The highest BCUT2D eigenvalue weighted by Crippen LogP contribution is 2.33. The van der Waals surface area contributed by atoms with Crippen molar-refractivity contribution in [1.29, 1.82) is 0 Å². The summed E-state index contributed by atoms with van der Waals surface area (Å²) in [6, 6.07) is 28.8. The molecule has 1 atom stereocenters. The molecule has 4 aromatic carbocycles. The van der Waals surface area contributed by atoms with E-state index < -0.39 is 6.10 Å². The van der Waals surface area contributed by atoms with Crippen molar-refractivity contribution in [3.63, 3.8) is 0 Å². The van der Waals surface area contributed by atoms with E-state index in [1.54, 1.807) is 6.21 Å². The number of benzene rings is 4. The van der Waals surface area contributed by atoms with Crippen molar-refractivity contribution in [3.8, 4) is 17.2 Å². The van der Waals surface area contributed by atoms with Crippen molar-refractivity contribution >= 4 is 38.8 Å². The lowest BCUT2D eigenvalue weighted by molar-refractivity contribution is -0.128. The van der Waals surface area contributed by atoms with Crippen molar-refractivity contribution in [2.45, 2.75) is 19.4 Å². The number of ether oxygens (including phenoxy) is 2. The van der Waals surface area contributed by atoms with Gasteiger partial charge >= 0.3 is 0 Å². The van der Waals surface area contributed by atoms with E-state index in [4.69, 9.17) is 9.47 Å². The van der Waals surface area contributed by atoms with Crippen LogP contribution in [0.25, 0.3) is 10.8 Å². The second-order valence-electron chi connectivity index (χ2n) is 7.34. The zero-order valence-corrected chi connectivity index (χ0v) is 19.7. The number of rotatable bonds is 8. The lowest BCUT2D eigenvalue weighted by atomic mass is 10.1. The SMILES string of the molecule is CC[C@@H](Oc1ccc2ccccc2c1Br)C(=O)NN=Cc1cccc(Oc2ccccc2)c1. The van der Waals surface area contributed by atoms with Gasteiger partial charge in [0.05, 0.1) is 10.7 Å². The highest BCUT2D eigenvalue weighted by molar-refractivity contribution is 9.10. The average Bonchev–Trinajstić information content (AvgIpc) is 2.85. The van der Waals surface area contributed by atoms with Crippen LogP contribution in [-0.4, -0.2) is 18.2 Å². The third kappa shape index (κ3) is 5.79. The molecule has 33 heavy (non-hydrogen) atoms. The number of nitrogens with one attached hydrogen (secondary N) is 1. The molecule has 1 N–H and O–H groups in total. The fourth-order valence-corrected chi connectivity index (χ4v) is 3.89. The lowest BCUT2D eigenvalue weighted by Gasteiger charge is -2.17. The van der Waals surface area contributed by atoms with Crippen molar-refractivity contribution in [3.05, 3.63) is 101 Å². The Kier molecular flexibility index (Phi) is 7.37. The van der Waals surface area contributed by atoms with Crippen LogP contribution in [0.2, 0.25) is 0 Å². The van der Waals surface area contributed by atoms with E-state index in [1.165, 1.54) is 0 Å². The Hall–Kier alpha value is -3.64. The van der Waals surface area contributed by atoms with E-state index >= 15 is 0 Å². The van der Waals surface area contributed by atoms with Gasteiger partial charge in [0.25, 0.3) is 5.91 Å². The zero-order chi connectivity index (χ0) is 23.0. The zero-order valence-electron chi connectivity index (χ0n) is 18.1. The Morgan fingerprint density at radius 2 is 1.73 bits per heavy atom. The first-order valence-electron chi connectivity index (χ1n) is 10.6. The van der Waals surface area contributed by atoms with Crippen molar-refractivity contribution < 1.29 is 14.3 Å². The van der Waals surface area contributed by atoms with Crippen LogP contribution in [0.15, 0.2) is 101 Å². The Morgan fingerprint density at radius 1 is 0.970 bits per heavy atom. The molecule has 0 aromatic heterocycles. The molecule has 0 saturated carbocycles. The summed E-state index contributed by atoms with van der Waals surface area (Å²) in [5.41, 5.74) is 3.38. The summed E-state index contributed by atoms with van der Waals surface area (Å²) in [6.45, 7) is 1.90. The maximum Gasteiger partial charge on any atom is 0.281 e. The second-order valence-corrected chi connectivity index (χ2v) is 8.13. The number of halogens is 1.